The Labute approximate surface area is 78.6 Å². The van der Waals surface area contributed by atoms with Gasteiger partial charge in [-0.1, -0.05) is 0 Å². The van der Waals surface area contributed by atoms with Crippen LogP contribution in [-0.2, 0) is 9.63 Å². The van der Waals surface area contributed by atoms with E-state index in [1.54, 1.807) is 34.6 Å². The zero-order chi connectivity index (χ0) is 10.7. The van der Waals surface area contributed by atoms with E-state index in [0.717, 1.165) is 0 Å². The number of nitrogens with one attached hydrogen (secondary N) is 1. The molecule has 0 aliphatic rings. The molecule has 0 saturated heterocycles. The summed E-state index contributed by atoms with van der Waals surface area (Å²) in [6, 6.07) is 0. The number of hydrogen-bond donors (Lipinski definition) is 2. The first kappa shape index (κ1) is 12.5. The molecule has 0 saturated carbocycles. The zero-order valence-electron chi connectivity index (χ0n) is 8.79. The summed E-state index contributed by atoms with van der Waals surface area (Å²) >= 11 is 0. The largest absolute Gasteiger partial charge is 0.301 e. The van der Waals surface area contributed by atoms with Crippen LogP contribution in [0.5, 0.6) is 0 Å². The van der Waals surface area contributed by atoms with Crippen molar-refractivity contribution in [2.24, 2.45) is 0 Å². The van der Waals surface area contributed by atoms with Crippen molar-refractivity contribution in [1.82, 2.24) is 10.8 Å². The van der Waals surface area contributed by atoms with Gasteiger partial charge >= 0.3 is 0 Å². The Morgan fingerprint density at radius 2 is 1.77 bits per heavy atom. The molecule has 0 aromatic rings. The summed E-state index contributed by atoms with van der Waals surface area (Å²) in [7, 11) is 0. The van der Waals surface area contributed by atoms with Crippen LogP contribution in [-0.4, -0.2) is 28.0 Å². The third-order valence-corrected chi connectivity index (χ3v) is 1.04. The number of hydrogen-bond acceptors (Lipinski definition) is 5. The Balaban J connectivity index is 4.01. The van der Waals surface area contributed by atoms with E-state index in [1.165, 1.54) is 0 Å². The normalized spacial score (nSPS) is 13.5. The molecule has 0 unspecified atom stereocenters. The average molecular weight is 190 g/mol. The zero-order valence-corrected chi connectivity index (χ0v) is 8.79. The van der Waals surface area contributed by atoms with E-state index in [4.69, 9.17) is 4.84 Å². The number of carbonyl (C=O) groups is 1. The minimum atomic E-state index is -0.847. The van der Waals surface area contributed by atoms with Crippen molar-refractivity contribution >= 4 is 6.29 Å². The molecule has 0 spiro atoms. The van der Waals surface area contributed by atoms with Gasteiger partial charge in [0, 0.05) is 5.34 Å². The summed E-state index contributed by atoms with van der Waals surface area (Å²) in [5.74, 6) is 0. The summed E-state index contributed by atoms with van der Waals surface area (Å²) in [6.07, 6.45) is 0.683. The Morgan fingerprint density at radius 3 is 2.08 bits per heavy atom. The highest BCUT2D eigenvalue weighted by Crippen LogP contribution is 2.08. The van der Waals surface area contributed by atoms with Gasteiger partial charge in [-0.25, -0.2) is 0 Å². The lowest BCUT2D eigenvalue weighted by Gasteiger charge is -2.29. The SMILES string of the molecule is CC(C)(C=O)NN(O)OC(C)(C)C. The lowest BCUT2D eigenvalue weighted by Crippen LogP contribution is -2.52. The standard InChI is InChI=1S/C8H18N2O3/c1-7(2,3)13-10(12)9-8(4,5)6-11/h6,9,12H,1-5H3. The van der Waals surface area contributed by atoms with Gasteiger partial charge < -0.3 is 4.79 Å². The second kappa shape index (κ2) is 4.15. The fraction of sp³-hybridized carbons (Fsp3) is 0.875. The lowest BCUT2D eigenvalue weighted by atomic mass is 10.1. The minimum Gasteiger partial charge on any atom is -0.301 e. The van der Waals surface area contributed by atoms with Crippen LogP contribution in [0.4, 0.5) is 0 Å². The number of aldehydes is 1. The quantitative estimate of drug-likeness (QED) is 0.509. The molecule has 0 rings (SSSR count). The monoisotopic (exact) mass is 190 g/mol. The first-order valence-electron chi connectivity index (χ1n) is 4.08. The molecule has 0 atom stereocenters. The molecule has 0 aromatic carbocycles. The molecule has 0 heterocycles. The van der Waals surface area contributed by atoms with Crippen molar-refractivity contribution in [2.75, 3.05) is 0 Å². The molecule has 5 nitrogen and oxygen atoms in total. The van der Waals surface area contributed by atoms with E-state index in [2.05, 4.69) is 5.43 Å². The van der Waals surface area contributed by atoms with Crippen LogP contribution in [0, 0.1) is 0 Å². The van der Waals surface area contributed by atoms with Crippen molar-refractivity contribution in [3.8, 4) is 0 Å². The van der Waals surface area contributed by atoms with Crippen molar-refractivity contribution < 1.29 is 14.8 Å². The molecular weight excluding hydrogens is 172 g/mol. The predicted molar refractivity (Wildman–Crippen MR) is 47.7 cm³/mol. The predicted octanol–water partition coefficient (Wildman–Crippen LogP) is 0.890. The molecule has 0 amide bonds. The summed E-state index contributed by atoms with van der Waals surface area (Å²) in [4.78, 5) is 15.5. The molecule has 0 aliphatic carbocycles. The minimum absolute atomic E-state index is 0.467. The fourth-order valence-corrected chi connectivity index (χ4v) is 0.555. The fourth-order valence-electron chi connectivity index (χ4n) is 0.555. The van der Waals surface area contributed by atoms with Crippen LogP contribution in [0.2, 0.25) is 0 Å². The number of hydrazine groups is 1. The second-order valence-corrected chi connectivity index (χ2v) is 4.43. The third kappa shape index (κ3) is 6.65. The molecule has 2 N–H and O–H groups in total. The van der Waals surface area contributed by atoms with Crippen molar-refractivity contribution in [2.45, 2.75) is 45.8 Å². The molecule has 0 radical (unpaired) electrons. The highest BCUT2D eigenvalue weighted by Gasteiger charge is 2.23. The lowest BCUT2D eigenvalue weighted by molar-refractivity contribution is -0.412. The molecule has 78 valence electrons. The average Bonchev–Trinajstić information content (AvgIpc) is 1.81. The van der Waals surface area contributed by atoms with Gasteiger partial charge in [0.15, 0.2) is 0 Å². The maximum Gasteiger partial charge on any atom is 0.140 e. The first-order valence-corrected chi connectivity index (χ1v) is 4.08. The van der Waals surface area contributed by atoms with E-state index < -0.39 is 11.1 Å². The van der Waals surface area contributed by atoms with Gasteiger partial charge in [-0.3, -0.25) is 10.0 Å². The molecule has 5 heteroatoms. The van der Waals surface area contributed by atoms with E-state index in [0.29, 0.717) is 11.6 Å². The summed E-state index contributed by atoms with van der Waals surface area (Å²) in [5.41, 5.74) is 1.10. The maximum atomic E-state index is 10.5. The van der Waals surface area contributed by atoms with Gasteiger partial charge in [0.05, 0.1) is 11.1 Å². The third-order valence-electron chi connectivity index (χ3n) is 1.04. The summed E-state index contributed by atoms with van der Waals surface area (Å²) < 4.78 is 0. The highest BCUT2D eigenvalue weighted by molar-refractivity contribution is 5.62. The van der Waals surface area contributed by atoms with Crippen molar-refractivity contribution in [1.29, 1.82) is 0 Å². The second-order valence-electron chi connectivity index (χ2n) is 4.43. The van der Waals surface area contributed by atoms with Crippen LogP contribution in [0.15, 0.2) is 0 Å². The van der Waals surface area contributed by atoms with Gasteiger partial charge in [0.2, 0.25) is 0 Å². The van der Waals surface area contributed by atoms with Crippen LogP contribution >= 0.6 is 0 Å². The summed E-state index contributed by atoms with van der Waals surface area (Å²) in [5, 5.41) is 9.66. The van der Waals surface area contributed by atoms with Gasteiger partial charge in [0.25, 0.3) is 0 Å². The van der Waals surface area contributed by atoms with Crippen LogP contribution < -0.4 is 5.43 Å². The van der Waals surface area contributed by atoms with E-state index in [9.17, 15) is 10.0 Å². The van der Waals surface area contributed by atoms with E-state index in [-0.39, 0.29) is 0 Å². The molecule has 0 aromatic heterocycles. The van der Waals surface area contributed by atoms with Crippen molar-refractivity contribution in [3.63, 3.8) is 0 Å². The highest BCUT2D eigenvalue weighted by atomic mass is 16.9. The summed E-state index contributed by atoms with van der Waals surface area (Å²) in [6.45, 7) is 8.59. The number of carbonyl (C=O) groups excluding carboxylic acids is 1. The molecule has 0 aliphatic heterocycles. The Kier molecular flexibility index (Phi) is 3.99. The van der Waals surface area contributed by atoms with Crippen LogP contribution in [0.25, 0.3) is 0 Å². The Hall–Kier alpha value is -0.490. The smallest absolute Gasteiger partial charge is 0.140 e. The van der Waals surface area contributed by atoms with Gasteiger partial charge in [-0.15, -0.1) is 0 Å². The topological polar surface area (TPSA) is 61.8 Å². The van der Waals surface area contributed by atoms with Crippen LogP contribution in [0.1, 0.15) is 34.6 Å². The number of nitrogens with zero attached hydrogens (tertiary/aromatic N) is 1. The Bertz CT molecular complexity index is 175. The molecule has 0 bridgehead atoms. The van der Waals surface area contributed by atoms with Gasteiger partial charge in [-0.2, -0.15) is 5.43 Å². The first-order chi connectivity index (χ1) is 5.66. The molecular formula is C8H18N2O3. The van der Waals surface area contributed by atoms with E-state index >= 15 is 0 Å². The van der Waals surface area contributed by atoms with Gasteiger partial charge in [-0.05, 0) is 34.6 Å². The molecule has 13 heavy (non-hydrogen) atoms. The Morgan fingerprint density at radius 1 is 1.31 bits per heavy atom. The van der Waals surface area contributed by atoms with E-state index in [1.807, 2.05) is 0 Å². The van der Waals surface area contributed by atoms with Crippen molar-refractivity contribution in [3.05, 3.63) is 0 Å². The molecule has 0 fully saturated rings. The number of rotatable bonds is 4. The maximum absolute atomic E-state index is 10.5. The van der Waals surface area contributed by atoms with Gasteiger partial charge in [0.1, 0.15) is 6.29 Å². The van der Waals surface area contributed by atoms with Crippen LogP contribution in [0.3, 0.4) is 0 Å².